The molecule has 1 atom stereocenters. The van der Waals surface area contributed by atoms with Gasteiger partial charge >= 0.3 is 6.03 Å². The molecule has 0 spiro atoms. The highest BCUT2D eigenvalue weighted by Crippen LogP contribution is 2.31. The van der Waals surface area contributed by atoms with Crippen LogP contribution in [0.2, 0.25) is 0 Å². The normalized spacial score (nSPS) is 15.0. The van der Waals surface area contributed by atoms with E-state index in [0.717, 1.165) is 37.2 Å². The number of para-hydroxylation sites is 1. The van der Waals surface area contributed by atoms with Crippen molar-refractivity contribution >= 4 is 11.7 Å². The van der Waals surface area contributed by atoms with E-state index in [1.807, 2.05) is 18.2 Å². The Bertz CT molecular complexity index is 971. The molecule has 1 aromatic carbocycles. The summed E-state index contributed by atoms with van der Waals surface area (Å²) in [7, 11) is 1.67. The first-order valence-electron chi connectivity index (χ1n) is 9.98. The van der Waals surface area contributed by atoms with E-state index in [1.165, 1.54) is 17.3 Å². The number of likely N-dealkylation sites (tertiary alicyclic amines) is 1. The van der Waals surface area contributed by atoms with E-state index < -0.39 is 0 Å². The third-order valence-electron chi connectivity index (χ3n) is 5.21. The van der Waals surface area contributed by atoms with E-state index in [-0.39, 0.29) is 12.1 Å². The van der Waals surface area contributed by atoms with Crippen LogP contribution in [0.5, 0.6) is 5.75 Å². The summed E-state index contributed by atoms with van der Waals surface area (Å²) in [4.78, 5) is 23.3. The van der Waals surface area contributed by atoms with Crippen molar-refractivity contribution < 1.29 is 9.53 Å². The molecule has 1 unspecified atom stereocenters. The van der Waals surface area contributed by atoms with Gasteiger partial charge in [-0.2, -0.15) is 5.10 Å². The number of nitrogens with one attached hydrogen (secondary N) is 2. The SMILES string of the molecule is COc1ccccc1C(CNC(=O)Nc1cccnc1-n1cncn1)N1CCCC1. The minimum absolute atomic E-state index is 0.0399. The Morgan fingerprint density at radius 2 is 2.03 bits per heavy atom. The lowest BCUT2D eigenvalue weighted by molar-refractivity contribution is 0.224. The van der Waals surface area contributed by atoms with Crippen molar-refractivity contribution in [1.82, 2.24) is 30.0 Å². The molecular formula is C21H25N7O2. The third-order valence-corrected chi connectivity index (χ3v) is 5.21. The van der Waals surface area contributed by atoms with Crippen LogP contribution >= 0.6 is 0 Å². The van der Waals surface area contributed by atoms with Gasteiger partial charge in [0.1, 0.15) is 18.4 Å². The monoisotopic (exact) mass is 407 g/mol. The average molecular weight is 407 g/mol. The smallest absolute Gasteiger partial charge is 0.319 e. The van der Waals surface area contributed by atoms with Gasteiger partial charge in [-0.05, 0) is 44.1 Å². The van der Waals surface area contributed by atoms with Gasteiger partial charge in [0.2, 0.25) is 0 Å². The first kappa shape index (κ1) is 19.8. The average Bonchev–Trinajstić information content (AvgIpc) is 3.49. The maximum atomic E-state index is 12.7. The highest BCUT2D eigenvalue weighted by atomic mass is 16.5. The van der Waals surface area contributed by atoms with Gasteiger partial charge in [0.15, 0.2) is 5.82 Å². The number of carbonyl (C=O) groups excluding carboxylic acids is 1. The van der Waals surface area contributed by atoms with Crippen LogP contribution in [-0.2, 0) is 0 Å². The number of ether oxygens (including phenoxy) is 1. The second-order valence-corrected chi connectivity index (χ2v) is 7.05. The number of hydrogen-bond acceptors (Lipinski definition) is 6. The molecule has 156 valence electrons. The second-order valence-electron chi connectivity index (χ2n) is 7.05. The molecule has 4 rings (SSSR count). The number of nitrogens with zero attached hydrogens (tertiary/aromatic N) is 5. The van der Waals surface area contributed by atoms with E-state index >= 15 is 0 Å². The first-order valence-corrected chi connectivity index (χ1v) is 9.98. The number of benzene rings is 1. The van der Waals surface area contributed by atoms with E-state index in [4.69, 9.17) is 4.74 Å². The number of hydrogen-bond donors (Lipinski definition) is 2. The molecule has 0 aliphatic carbocycles. The Hall–Kier alpha value is -3.46. The van der Waals surface area contributed by atoms with Crippen LogP contribution in [0.15, 0.2) is 55.2 Å². The molecule has 2 amide bonds. The minimum atomic E-state index is -0.302. The lowest BCUT2D eigenvalue weighted by Crippen LogP contribution is -2.39. The summed E-state index contributed by atoms with van der Waals surface area (Å²) in [5.41, 5.74) is 1.63. The molecule has 30 heavy (non-hydrogen) atoms. The molecule has 2 N–H and O–H groups in total. The molecule has 0 bridgehead atoms. The van der Waals surface area contributed by atoms with Crippen LogP contribution in [0, 0.1) is 0 Å². The zero-order chi connectivity index (χ0) is 20.8. The van der Waals surface area contributed by atoms with Crippen molar-refractivity contribution in [2.24, 2.45) is 0 Å². The third kappa shape index (κ3) is 4.41. The predicted molar refractivity (Wildman–Crippen MR) is 113 cm³/mol. The summed E-state index contributed by atoms with van der Waals surface area (Å²) in [6, 6.07) is 11.3. The summed E-state index contributed by atoms with van der Waals surface area (Å²) in [6.07, 6.45) is 6.93. The topological polar surface area (TPSA) is 97.2 Å². The van der Waals surface area contributed by atoms with Gasteiger partial charge in [0.25, 0.3) is 0 Å². The second kappa shape index (κ2) is 9.36. The Morgan fingerprint density at radius 1 is 1.20 bits per heavy atom. The lowest BCUT2D eigenvalue weighted by Gasteiger charge is -2.29. The Kier molecular flexibility index (Phi) is 6.19. The van der Waals surface area contributed by atoms with Crippen LogP contribution in [0.3, 0.4) is 0 Å². The number of rotatable bonds is 7. The molecule has 1 aliphatic rings. The summed E-state index contributed by atoms with van der Waals surface area (Å²) in [5, 5.41) is 9.97. The summed E-state index contributed by atoms with van der Waals surface area (Å²) < 4.78 is 7.08. The van der Waals surface area contributed by atoms with Gasteiger partial charge in [0, 0.05) is 18.3 Å². The van der Waals surface area contributed by atoms with Crippen molar-refractivity contribution in [2.45, 2.75) is 18.9 Å². The fourth-order valence-corrected chi connectivity index (χ4v) is 3.78. The van der Waals surface area contributed by atoms with Crippen molar-refractivity contribution in [3.63, 3.8) is 0 Å². The number of urea groups is 1. The largest absolute Gasteiger partial charge is 0.496 e. The van der Waals surface area contributed by atoms with Crippen LogP contribution < -0.4 is 15.4 Å². The molecule has 0 saturated carbocycles. The van der Waals surface area contributed by atoms with E-state index in [9.17, 15) is 4.79 Å². The Balaban J connectivity index is 1.47. The van der Waals surface area contributed by atoms with E-state index in [2.05, 4.69) is 36.7 Å². The first-order chi connectivity index (χ1) is 14.8. The molecule has 9 heteroatoms. The molecule has 2 aromatic heterocycles. The van der Waals surface area contributed by atoms with Crippen molar-refractivity contribution in [1.29, 1.82) is 0 Å². The van der Waals surface area contributed by atoms with Gasteiger partial charge in [-0.3, -0.25) is 4.90 Å². The Morgan fingerprint density at radius 3 is 2.80 bits per heavy atom. The van der Waals surface area contributed by atoms with Gasteiger partial charge in [0.05, 0.1) is 18.8 Å². The molecule has 1 aliphatic heterocycles. The summed E-state index contributed by atoms with van der Waals surface area (Å²) in [6.45, 7) is 2.47. The van der Waals surface area contributed by atoms with Gasteiger partial charge in [-0.25, -0.2) is 19.4 Å². The lowest BCUT2D eigenvalue weighted by atomic mass is 10.0. The van der Waals surface area contributed by atoms with E-state index in [0.29, 0.717) is 18.1 Å². The van der Waals surface area contributed by atoms with Crippen LogP contribution in [-0.4, -0.2) is 57.4 Å². The molecule has 0 radical (unpaired) electrons. The van der Waals surface area contributed by atoms with E-state index in [1.54, 1.807) is 25.4 Å². The number of pyridine rings is 1. The van der Waals surface area contributed by atoms with Crippen LogP contribution in [0.1, 0.15) is 24.4 Å². The number of methoxy groups -OCH3 is 1. The number of carbonyl (C=O) groups is 1. The zero-order valence-corrected chi connectivity index (χ0v) is 16.9. The standard InChI is InChI=1S/C21H25N7O2/c1-30-19-9-3-2-7-16(19)18(27-11-4-5-12-27)13-24-21(29)26-17-8-6-10-23-20(17)28-15-22-14-25-28/h2-3,6-10,14-15,18H,4-5,11-13H2,1H3,(H2,24,26,29). The number of amides is 2. The highest BCUT2D eigenvalue weighted by molar-refractivity contribution is 5.91. The molecule has 1 saturated heterocycles. The minimum Gasteiger partial charge on any atom is -0.496 e. The molecule has 1 fully saturated rings. The van der Waals surface area contributed by atoms with Crippen molar-refractivity contribution in [3.05, 3.63) is 60.8 Å². The number of aromatic nitrogens is 4. The van der Waals surface area contributed by atoms with Crippen molar-refractivity contribution in [2.75, 3.05) is 32.1 Å². The van der Waals surface area contributed by atoms with Gasteiger partial charge in [-0.1, -0.05) is 18.2 Å². The fraction of sp³-hybridized carbons (Fsp3) is 0.333. The molecule has 3 aromatic rings. The summed E-state index contributed by atoms with van der Waals surface area (Å²) >= 11 is 0. The maximum Gasteiger partial charge on any atom is 0.319 e. The Labute approximate surface area is 175 Å². The van der Waals surface area contributed by atoms with Crippen molar-refractivity contribution in [3.8, 4) is 11.6 Å². The zero-order valence-electron chi connectivity index (χ0n) is 16.9. The molecule has 9 nitrogen and oxygen atoms in total. The molecule has 3 heterocycles. The molecular weight excluding hydrogens is 382 g/mol. The summed E-state index contributed by atoms with van der Waals surface area (Å²) in [5.74, 6) is 1.34. The number of anilines is 1. The van der Waals surface area contributed by atoms with Crippen LogP contribution in [0.4, 0.5) is 10.5 Å². The van der Waals surface area contributed by atoms with Gasteiger partial charge in [-0.15, -0.1) is 0 Å². The van der Waals surface area contributed by atoms with Gasteiger partial charge < -0.3 is 15.4 Å². The maximum absolute atomic E-state index is 12.7. The fourth-order valence-electron chi connectivity index (χ4n) is 3.78. The quantitative estimate of drug-likeness (QED) is 0.625. The highest BCUT2D eigenvalue weighted by Gasteiger charge is 2.26. The van der Waals surface area contributed by atoms with Crippen LogP contribution in [0.25, 0.3) is 5.82 Å². The predicted octanol–water partition coefficient (Wildman–Crippen LogP) is 2.63.